The van der Waals surface area contributed by atoms with Crippen molar-refractivity contribution in [2.45, 2.75) is 19.4 Å². The highest BCUT2D eigenvalue weighted by Gasteiger charge is 2.02. The van der Waals surface area contributed by atoms with E-state index in [0.717, 1.165) is 12.0 Å². The highest BCUT2D eigenvalue weighted by molar-refractivity contribution is 5.70. The van der Waals surface area contributed by atoms with Gasteiger partial charge >= 0.3 is 5.97 Å². The summed E-state index contributed by atoms with van der Waals surface area (Å²) < 4.78 is 9.68. The minimum atomic E-state index is -0.389. The molecule has 0 aliphatic carbocycles. The number of ether oxygens (including phenoxy) is 2. The van der Waals surface area contributed by atoms with E-state index >= 15 is 0 Å². The van der Waals surface area contributed by atoms with E-state index in [1.165, 1.54) is 7.11 Å². The molecule has 0 heterocycles. The predicted octanol–water partition coefficient (Wildman–Crippen LogP) is 1.13. The van der Waals surface area contributed by atoms with Crippen LogP contribution in [0.2, 0.25) is 0 Å². The third-order valence-corrected chi connectivity index (χ3v) is 2.07. The van der Waals surface area contributed by atoms with E-state index in [4.69, 9.17) is 10.5 Å². The summed E-state index contributed by atoms with van der Waals surface area (Å²) in [4.78, 5) is 10.8. The topological polar surface area (TPSA) is 61.5 Å². The summed E-state index contributed by atoms with van der Waals surface area (Å²) in [5.41, 5.74) is 6.84. The van der Waals surface area contributed by atoms with Crippen molar-refractivity contribution in [2.24, 2.45) is 5.73 Å². The lowest BCUT2D eigenvalue weighted by Gasteiger charge is -2.07. The number of benzene rings is 1. The first-order valence-corrected chi connectivity index (χ1v) is 5.16. The maximum Gasteiger partial charge on any atom is 0.343 e. The lowest BCUT2D eigenvalue weighted by Crippen LogP contribution is -2.17. The minimum Gasteiger partial charge on any atom is -0.482 e. The fraction of sp³-hybridized carbons (Fsp3) is 0.417. The summed E-state index contributed by atoms with van der Waals surface area (Å²) >= 11 is 0. The number of nitrogens with two attached hydrogens (primary N) is 1. The zero-order valence-corrected chi connectivity index (χ0v) is 9.60. The summed E-state index contributed by atoms with van der Waals surface area (Å²) in [5.74, 6) is 0.262. The van der Waals surface area contributed by atoms with Crippen LogP contribution in [0.4, 0.5) is 0 Å². The number of esters is 1. The van der Waals surface area contributed by atoms with Crippen molar-refractivity contribution in [1.82, 2.24) is 0 Å². The molecule has 16 heavy (non-hydrogen) atoms. The van der Waals surface area contributed by atoms with Gasteiger partial charge in [-0.1, -0.05) is 12.1 Å². The van der Waals surface area contributed by atoms with Gasteiger partial charge < -0.3 is 15.2 Å². The molecule has 0 aliphatic heterocycles. The number of carbonyl (C=O) groups excluding carboxylic acids is 1. The van der Waals surface area contributed by atoms with Crippen LogP contribution in [0.3, 0.4) is 0 Å². The van der Waals surface area contributed by atoms with Gasteiger partial charge in [0, 0.05) is 6.04 Å². The van der Waals surface area contributed by atoms with E-state index < -0.39 is 0 Å². The van der Waals surface area contributed by atoms with Gasteiger partial charge in [-0.3, -0.25) is 0 Å². The molecule has 0 aromatic heterocycles. The minimum absolute atomic E-state index is 0.0663. The zero-order chi connectivity index (χ0) is 12.0. The maximum absolute atomic E-state index is 10.8. The van der Waals surface area contributed by atoms with Gasteiger partial charge in [-0.15, -0.1) is 0 Å². The number of rotatable bonds is 5. The highest BCUT2D eigenvalue weighted by Crippen LogP contribution is 2.13. The third kappa shape index (κ3) is 4.31. The van der Waals surface area contributed by atoms with Gasteiger partial charge in [0.1, 0.15) is 5.75 Å². The van der Waals surface area contributed by atoms with Crippen LogP contribution >= 0.6 is 0 Å². The zero-order valence-electron chi connectivity index (χ0n) is 9.60. The third-order valence-electron chi connectivity index (χ3n) is 2.07. The highest BCUT2D eigenvalue weighted by atomic mass is 16.6. The molecular weight excluding hydrogens is 206 g/mol. The Kier molecular flexibility index (Phi) is 4.79. The van der Waals surface area contributed by atoms with E-state index in [2.05, 4.69) is 4.74 Å². The Labute approximate surface area is 95.3 Å². The summed E-state index contributed by atoms with van der Waals surface area (Å²) in [6.45, 7) is 1.89. The first kappa shape index (κ1) is 12.5. The molecule has 0 saturated carbocycles. The lowest BCUT2D eigenvalue weighted by atomic mass is 10.1. The second-order valence-electron chi connectivity index (χ2n) is 3.69. The Morgan fingerprint density at radius 3 is 2.50 bits per heavy atom. The summed E-state index contributed by atoms with van der Waals surface area (Å²) in [6.07, 6.45) is 0.831. The Balaban J connectivity index is 2.48. The molecule has 0 unspecified atom stereocenters. The lowest BCUT2D eigenvalue weighted by molar-refractivity contribution is -0.142. The van der Waals surface area contributed by atoms with Crippen molar-refractivity contribution < 1.29 is 14.3 Å². The molecule has 1 aromatic carbocycles. The molecule has 0 saturated heterocycles. The largest absolute Gasteiger partial charge is 0.482 e. The molecule has 0 fully saturated rings. The SMILES string of the molecule is COC(=O)COc1ccc(C[C@@H](C)N)cc1. The smallest absolute Gasteiger partial charge is 0.343 e. The van der Waals surface area contributed by atoms with Gasteiger partial charge in [0.2, 0.25) is 0 Å². The summed E-state index contributed by atoms with van der Waals surface area (Å²) in [5, 5.41) is 0. The Morgan fingerprint density at radius 1 is 1.38 bits per heavy atom. The van der Waals surface area contributed by atoms with Crippen LogP contribution in [-0.2, 0) is 16.0 Å². The van der Waals surface area contributed by atoms with E-state index in [9.17, 15) is 4.79 Å². The monoisotopic (exact) mass is 223 g/mol. The quantitative estimate of drug-likeness (QED) is 0.760. The second kappa shape index (κ2) is 6.12. The summed E-state index contributed by atoms with van der Waals surface area (Å²) in [6, 6.07) is 7.66. The molecule has 0 aliphatic rings. The molecule has 1 aromatic rings. The Morgan fingerprint density at radius 2 is 2.00 bits per heavy atom. The van der Waals surface area contributed by atoms with Gasteiger partial charge in [-0.25, -0.2) is 4.79 Å². The second-order valence-corrected chi connectivity index (χ2v) is 3.69. The number of hydrogen-bond donors (Lipinski definition) is 1. The van der Waals surface area contributed by atoms with Gasteiger partial charge in [-0.2, -0.15) is 0 Å². The van der Waals surface area contributed by atoms with E-state index in [-0.39, 0.29) is 18.6 Å². The van der Waals surface area contributed by atoms with Crippen molar-refractivity contribution in [3.63, 3.8) is 0 Å². The van der Waals surface area contributed by atoms with Crippen LogP contribution in [0, 0.1) is 0 Å². The van der Waals surface area contributed by atoms with Crippen LogP contribution in [0.5, 0.6) is 5.75 Å². The molecule has 1 atom stereocenters. The number of methoxy groups -OCH3 is 1. The van der Waals surface area contributed by atoms with Crippen LogP contribution in [0.25, 0.3) is 0 Å². The van der Waals surface area contributed by atoms with Crippen LogP contribution in [0.15, 0.2) is 24.3 Å². The van der Waals surface area contributed by atoms with Crippen molar-refractivity contribution in [3.8, 4) is 5.75 Å². The van der Waals surface area contributed by atoms with E-state index in [1.54, 1.807) is 0 Å². The molecule has 0 spiro atoms. The number of hydrogen-bond acceptors (Lipinski definition) is 4. The molecular formula is C12H17NO3. The van der Waals surface area contributed by atoms with Gasteiger partial charge in [-0.05, 0) is 31.0 Å². The fourth-order valence-electron chi connectivity index (χ4n) is 1.29. The standard InChI is InChI=1S/C12H17NO3/c1-9(13)7-10-3-5-11(6-4-10)16-8-12(14)15-2/h3-6,9H,7-8,13H2,1-2H3/t9-/m1/s1. The molecule has 1 rings (SSSR count). The van der Waals surface area contributed by atoms with Crippen LogP contribution in [0.1, 0.15) is 12.5 Å². The molecule has 0 radical (unpaired) electrons. The van der Waals surface area contributed by atoms with Crippen molar-refractivity contribution >= 4 is 5.97 Å². The normalized spacial score (nSPS) is 11.9. The fourth-order valence-corrected chi connectivity index (χ4v) is 1.29. The summed E-state index contributed by atoms with van der Waals surface area (Å²) in [7, 11) is 1.33. The van der Waals surface area contributed by atoms with E-state index in [0.29, 0.717) is 5.75 Å². The van der Waals surface area contributed by atoms with Gasteiger partial charge in [0.15, 0.2) is 6.61 Å². The average molecular weight is 223 g/mol. The van der Waals surface area contributed by atoms with Crippen molar-refractivity contribution in [2.75, 3.05) is 13.7 Å². The molecule has 4 heteroatoms. The first-order valence-electron chi connectivity index (χ1n) is 5.16. The van der Waals surface area contributed by atoms with Crippen LogP contribution < -0.4 is 10.5 Å². The molecule has 4 nitrogen and oxygen atoms in total. The first-order chi connectivity index (χ1) is 7.61. The van der Waals surface area contributed by atoms with Crippen molar-refractivity contribution in [1.29, 1.82) is 0 Å². The predicted molar refractivity (Wildman–Crippen MR) is 61.3 cm³/mol. The van der Waals surface area contributed by atoms with E-state index in [1.807, 2.05) is 31.2 Å². The molecule has 88 valence electrons. The maximum atomic E-state index is 10.8. The van der Waals surface area contributed by atoms with Gasteiger partial charge in [0.05, 0.1) is 7.11 Å². The Hall–Kier alpha value is -1.55. The Bertz CT molecular complexity index is 333. The van der Waals surface area contributed by atoms with Crippen LogP contribution in [-0.4, -0.2) is 25.7 Å². The molecule has 0 amide bonds. The average Bonchev–Trinajstić information content (AvgIpc) is 2.27. The number of carbonyl (C=O) groups is 1. The molecule has 0 bridgehead atoms. The molecule has 2 N–H and O–H groups in total. The van der Waals surface area contributed by atoms with Gasteiger partial charge in [0.25, 0.3) is 0 Å². The van der Waals surface area contributed by atoms with Crippen molar-refractivity contribution in [3.05, 3.63) is 29.8 Å².